The molecule has 0 saturated heterocycles. The van der Waals surface area contributed by atoms with Gasteiger partial charge in [0.1, 0.15) is 0 Å². The average Bonchev–Trinajstić information content (AvgIpc) is 3.16. The minimum atomic E-state index is 1.11. The van der Waals surface area contributed by atoms with Crippen LogP contribution < -0.4 is 0 Å². The molecule has 2 aromatic heterocycles. The topological polar surface area (TPSA) is 31.6 Å². The minimum absolute atomic E-state index is 1.11. The summed E-state index contributed by atoms with van der Waals surface area (Å²) in [6.07, 6.45) is 5.07. The lowest BCUT2D eigenvalue weighted by Crippen LogP contribution is -1.79. The molecule has 4 rings (SSSR count). The summed E-state index contributed by atoms with van der Waals surface area (Å²) in [4.78, 5) is 6.38. The van der Waals surface area contributed by atoms with E-state index in [9.17, 15) is 0 Å². The molecule has 4 aromatic rings. The Morgan fingerprint density at radius 3 is 2.48 bits per heavy atom. The van der Waals surface area contributed by atoms with Crippen molar-refractivity contribution >= 4 is 21.8 Å². The zero-order valence-corrected chi connectivity index (χ0v) is 12.5. The summed E-state index contributed by atoms with van der Waals surface area (Å²) in [5, 5.41) is 2.65. The second-order valence-electron chi connectivity index (χ2n) is 5.23. The summed E-state index contributed by atoms with van der Waals surface area (Å²) in [7, 11) is 0. The van der Waals surface area contributed by atoms with Crippen LogP contribution >= 0.6 is 0 Å². The molecule has 2 heterocycles. The molecule has 0 aliphatic carbocycles. The molecule has 0 aliphatic heterocycles. The predicted octanol–water partition coefficient (Wildman–Crippen LogP) is 5.21. The van der Waals surface area contributed by atoms with Crippen LogP contribution in [0.1, 0.15) is 18.1 Å². The van der Waals surface area contributed by atoms with Gasteiger partial charge in [-0.1, -0.05) is 37.3 Å². The maximum Gasteiger partial charge on any atom is 0.0483 e. The number of aromatic amines is 2. The average molecular weight is 276 g/mol. The van der Waals surface area contributed by atoms with Crippen molar-refractivity contribution in [3.63, 3.8) is 0 Å². The fourth-order valence-electron chi connectivity index (χ4n) is 2.70. The first kappa shape index (κ1) is 13.5. The van der Waals surface area contributed by atoms with E-state index in [0.717, 1.165) is 6.42 Å². The molecule has 0 radical (unpaired) electrons. The van der Waals surface area contributed by atoms with E-state index in [0.29, 0.717) is 0 Å². The summed E-state index contributed by atoms with van der Waals surface area (Å²) in [5.74, 6) is 0. The predicted molar refractivity (Wildman–Crippen MR) is 90.7 cm³/mol. The number of benzene rings is 2. The maximum absolute atomic E-state index is 3.19. The zero-order chi connectivity index (χ0) is 14.7. The van der Waals surface area contributed by atoms with Crippen LogP contribution in [-0.4, -0.2) is 9.97 Å². The van der Waals surface area contributed by atoms with E-state index in [1.807, 2.05) is 12.4 Å². The van der Waals surface area contributed by atoms with Crippen LogP contribution in [-0.2, 0) is 6.42 Å². The van der Waals surface area contributed by atoms with E-state index in [1.54, 1.807) is 0 Å². The van der Waals surface area contributed by atoms with Gasteiger partial charge in [0.2, 0.25) is 0 Å². The Morgan fingerprint density at radius 1 is 0.857 bits per heavy atom. The Morgan fingerprint density at radius 2 is 1.67 bits per heavy atom. The molecule has 2 nitrogen and oxygen atoms in total. The molecule has 0 atom stereocenters. The van der Waals surface area contributed by atoms with Gasteiger partial charge < -0.3 is 9.97 Å². The third-order valence-electron chi connectivity index (χ3n) is 3.86. The number of aryl methyl sites for hydroxylation is 2. The molecule has 2 heteroatoms. The molecule has 2 aromatic carbocycles. The highest BCUT2D eigenvalue weighted by Crippen LogP contribution is 2.17. The Labute approximate surface area is 124 Å². The zero-order valence-electron chi connectivity index (χ0n) is 12.5. The number of hydrogen-bond donors (Lipinski definition) is 2. The van der Waals surface area contributed by atoms with Crippen LogP contribution in [0.4, 0.5) is 0 Å². The van der Waals surface area contributed by atoms with Gasteiger partial charge in [0.05, 0.1) is 0 Å². The molecule has 0 aliphatic rings. The van der Waals surface area contributed by atoms with E-state index < -0.39 is 0 Å². The Bertz CT molecular complexity index is 852. The summed E-state index contributed by atoms with van der Waals surface area (Å²) in [5.41, 5.74) is 5.22. The lowest BCUT2D eigenvalue weighted by atomic mass is 10.1. The normalized spacial score (nSPS) is 10.6. The van der Waals surface area contributed by atoms with Crippen molar-refractivity contribution < 1.29 is 0 Å². The molecular weight excluding hydrogens is 256 g/mol. The van der Waals surface area contributed by atoms with Crippen molar-refractivity contribution in [3.05, 3.63) is 72.1 Å². The second kappa shape index (κ2) is 5.88. The van der Waals surface area contributed by atoms with Gasteiger partial charge in [0, 0.05) is 28.8 Å². The minimum Gasteiger partial charge on any atom is -0.361 e. The highest BCUT2D eigenvalue weighted by Gasteiger charge is 1.97. The third-order valence-corrected chi connectivity index (χ3v) is 3.86. The quantitative estimate of drug-likeness (QED) is 0.478. The van der Waals surface area contributed by atoms with Crippen LogP contribution in [0.5, 0.6) is 0 Å². The van der Waals surface area contributed by atoms with Crippen molar-refractivity contribution in [1.29, 1.82) is 0 Å². The van der Waals surface area contributed by atoms with Crippen LogP contribution in [0.25, 0.3) is 21.8 Å². The number of fused-ring (bicyclic) bond motifs is 2. The standard InChI is InChI=1S/C10H11N.C9H9N/c1-2-8-4-3-5-10-9(8)6-7-11-10;1-7-3-2-4-8-5-6-10-9(7)8/h3-7,11H,2H2,1H3;2-6,10H,1H3. The molecule has 106 valence electrons. The van der Waals surface area contributed by atoms with Crippen molar-refractivity contribution in [3.8, 4) is 0 Å². The lowest BCUT2D eigenvalue weighted by molar-refractivity contribution is 1.16. The highest BCUT2D eigenvalue weighted by molar-refractivity contribution is 5.83. The van der Waals surface area contributed by atoms with Gasteiger partial charge in [0.25, 0.3) is 0 Å². The molecule has 0 unspecified atom stereocenters. The first-order valence-corrected chi connectivity index (χ1v) is 7.37. The largest absolute Gasteiger partial charge is 0.361 e. The van der Waals surface area contributed by atoms with Crippen LogP contribution in [0, 0.1) is 6.92 Å². The fraction of sp³-hybridized carbons (Fsp3) is 0.158. The molecule has 0 fully saturated rings. The molecule has 0 saturated carbocycles. The summed E-state index contributed by atoms with van der Waals surface area (Å²) in [6, 6.07) is 16.9. The van der Waals surface area contributed by atoms with E-state index >= 15 is 0 Å². The number of aromatic nitrogens is 2. The van der Waals surface area contributed by atoms with E-state index in [1.165, 1.54) is 32.9 Å². The van der Waals surface area contributed by atoms with Gasteiger partial charge in [-0.15, -0.1) is 0 Å². The summed E-state index contributed by atoms with van der Waals surface area (Å²) in [6.45, 7) is 4.29. The van der Waals surface area contributed by atoms with Gasteiger partial charge in [0.15, 0.2) is 0 Å². The number of nitrogens with one attached hydrogen (secondary N) is 2. The molecule has 2 N–H and O–H groups in total. The number of para-hydroxylation sites is 1. The van der Waals surface area contributed by atoms with Crippen molar-refractivity contribution in [2.75, 3.05) is 0 Å². The monoisotopic (exact) mass is 276 g/mol. The highest BCUT2D eigenvalue weighted by atomic mass is 14.7. The van der Waals surface area contributed by atoms with Gasteiger partial charge in [-0.05, 0) is 48.1 Å². The lowest BCUT2D eigenvalue weighted by Gasteiger charge is -1.96. The van der Waals surface area contributed by atoms with Crippen LogP contribution in [0.2, 0.25) is 0 Å². The van der Waals surface area contributed by atoms with Gasteiger partial charge in [-0.2, -0.15) is 0 Å². The SMILES string of the molecule is CCc1cccc2[nH]ccc12.Cc1cccc2cc[nH]c12. The number of rotatable bonds is 1. The van der Waals surface area contributed by atoms with Crippen molar-refractivity contribution in [2.24, 2.45) is 0 Å². The van der Waals surface area contributed by atoms with E-state index in [4.69, 9.17) is 0 Å². The van der Waals surface area contributed by atoms with Crippen LogP contribution in [0.3, 0.4) is 0 Å². The van der Waals surface area contributed by atoms with Gasteiger partial charge in [-0.3, -0.25) is 0 Å². The second-order valence-corrected chi connectivity index (χ2v) is 5.23. The van der Waals surface area contributed by atoms with Gasteiger partial charge in [-0.25, -0.2) is 0 Å². The fourth-order valence-corrected chi connectivity index (χ4v) is 2.70. The molecule has 21 heavy (non-hydrogen) atoms. The summed E-state index contributed by atoms with van der Waals surface area (Å²) < 4.78 is 0. The van der Waals surface area contributed by atoms with Crippen LogP contribution in [0.15, 0.2) is 60.9 Å². The number of hydrogen-bond acceptors (Lipinski definition) is 0. The first-order chi connectivity index (χ1) is 10.3. The summed E-state index contributed by atoms with van der Waals surface area (Å²) >= 11 is 0. The first-order valence-electron chi connectivity index (χ1n) is 7.37. The van der Waals surface area contributed by atoms with E-state index in [-0.39, 0.29) is 0 Å². The Kier molecular flexibility index (Phi) is 3.78. The third kappa shape index (κ3) is 2.70. The number of H-pyrrole nitrogens is 2. The molecular formula is C19H20N2. The van der Waals surface area contributed by atoms with Crippen molar-refractivity contribution in [1.82, 2.24) is 9.97 Å². The smallest absolute Gasteiger partial charge is 0.0483 e. The Hall–Kier alpha value is -2.48. The molecule has 0 bridgehead atoms. The van der Waals surface area contributed by atoms with Gasteiger partial charge >= 0.3 is 0 Å². The maximum atomic E-state index is 3.19. The molecule has 0 spiro atoms. The van der Waals surface area contributed by atoms with E-state index in [2.05, 4.69) is 72.3 Å². The van der Waals surface area contributed by atoms with Crippen molar-refractivity contribution in [2.45, 2.75) is 20.3 Å². The Balaban J connectivity index is 0.000000126. The molecule has 0 amide bonds.